The molecule has 1 amide bonds. The highest BCUT2D eigenvalue weighted by molar-refractivity contribution is 6.03. The lowest BCUT2D eigenvalue weighted by Gasteiger charge is -2.45. The second-order valence-electron chi connectivity index (χ2n) is 9.49. The Balaban J connectivity index is 1.43. The van der Waals surface area contributed by atoms with Crippen LogP contribution in [0, 0.1) is 23.4 Å². The van der Waals surface area contributed by atoms with Crippen molar-refractivity contribution in [2.45, 2.75) is 50.0 Å². The topological polar surface area (TPSA) is 110 Å². The molecule has 4 atom stereocenters. The molecule has 3 aromatic rings. The lowest BCUT2D eigenvalue weighted by molar-refractivity contribution is -0.186. The summed E-state index contributed by atoms with van der Waals surface area (Å²) in [6, 6.07) is 6.31. The van der Waals surface area contributed by atoms with E-state index >= 15 is 0 Å². The molecule has 1 saturated heterocycles. The molecule has 2 aliphatic rings. The molecule has 2 aromatic heterocycles. The number of aromatic nitrogens is 2. The second-order valence-corrected chi connectivity index (χ2v) is 9.49. The van der Waals surface area contributed by atoms with Crippen molar-refractivity contribution >= 4 is 11.6 Å². The van der Waals surface area contributed by atoms with Gasteiger partial charge in [0.15, 0.2) is 0 Å². The number of nitrogens with two attached hydrogens (primary N) is 1. The summed E-state index contributed by atoms with van der Waals surface area (Å²) in [6.45, 7) is 1.68. The number of nitrogens with one attached hydrogen (secondary N) is 1. The first-order valence-electron chi connectivity index (χ1n) is 11.7. The zero-order chi connectivity index (χ0) is 25.6. The minimum Gasteiger partial charge on any atom is -0.386 e. The van der Waals surface area contributed by atoms with Gasteiger partial charge in [0.25, 0.3) is 5.91 Å². The molecule has 36 heavy (non-hydrogen) atoms. The smallest absolute Gasteiger partial charge is 0.274 e. The zero-order valence-electron chi connectivity index (χ0n) is 19.4. The van der Waals surface area contributed by atoms with Gasteiger partial charge >= 0.3 is 0 Å². The number of nitrogens with zero attached hydrogens (tertiary/aromatic N) is 2. The van der Waals surface area contributed by atoms with E-state index < -0.39 is 58.5 Å². The quantitative estimate of drug-likeness (QED) is 0.488. The molecule has 0 bridgehead atoms. The molecule has 10 heteroatoms. The molecule has 3 heterocycles. The number of pyridine rings is 2. The average molecular weight is 499 g/mol. The molecule has 1 aliphatic carbocycles. The van der Waals surface area contributed by atoms with E-state index in [1.807, 2.05) is 0 Å². The summed E-state index contributed by atoms with van der Waals surface area (Å²) in [6.07, 6.45) is 4.24. The fourth-order valence-corrected chi connectivity index (χ4v) is 4.68. The van der Waals surface area contributed by atoms with Gasteiger partial charge in [-0.15, -0.1) is 0 Å². The van der Waals surface area contributed by atoms with Crippen molar-refractivity contribution in [3.63, 3.8) is 0 Å². The zero-order valence-corrected chi connectivity index (χ0v) is 19.4. The molecule has 0 unspecified atom stereocenters. The molecule has 1 aromatic carbocycles. The van der Waals surface area contributed by atoms with Gasteiger partial charge in [-0.3, -0.25) is 9.78 Å². The predicted molar refractivity (Wildman–Crippen MR) is 125 cm³/mol. The van der Waals surface area contributed by atoms with Gasteiger partial charge in [-0.1, -0.05) is 6.07 Å². The third-order valence-electron chi connectivity index (χ3n) is 6.88. The van der Waals surface area contributed by atoms with E-state index in [4.69, 9.17) is 10.5 Å². The standard InChI is InChI=1S/C26H25F3N4O3/c1-26(35)21(30)11-20(36-24(26)13-5-6-13)14-9-10-31-12-19(14)33-25(34)18-8-7-17(29)23(32-18)22-15(27)3-2-4-16(22)28/h2-4,7-10,12-13,20-21,24,35H,5-6,11,30H2,1H3,(H,33,34)/t20-,21-,24-,26+/m1/s1. The van der Waals surface area contributed by atoms with E-state index in [0.29, 0.717) is 17.7 Å². The minimum atomic E-state index is -1.18. The maximum absolute atomic E-state index is 14.4. The molecular formula is C26H25F3N4O3. The lowest BCUT2D eigenvalue weighted by atomic mass is 9.80. The fraction of sp³-hybridized carbons (Fsp3) is 0.346. The number of rotatable bonds is 5. The Labute approximate surface area is 205 Å². The average Bonchev–Trinajstić information content (AvgIpc) is 3.67. The molecule has 7 nitrogen and oxygen atoms in total. The molecule has 4 N–H and O–H groups in total. The van der Waals surface area contributed by atoms with Gasteiger partial charge in [-0.2, -0.15) is 0 Å². The number of carbonyl (C=O) groups excluding carboxylic acids is 1. The van der Waals surface area contributed by atoms with Gasteiger partial charge < -0.3 is 20.9 Å². The van der Waals surface area contributed by atoms with Crippen LogP contribution in [0.4, 0.5) is 18.9 Å². The second kappa shape index (κ2) is 9.27. The van der Waals surface area contributed by atoms with Crippen molar-refractivity contribution in [3.05, 3.63) is 77.5 Å². The van der Waals surface area contributed by atoms with Gasteiger partial charge in [0.05, 0.1) is 29.7 Å². The highest BCUT2D eigenvalue weighted by Crippen LogP contribution is 2.47. The maximum atomic E-state index is 14.4. The number of carbonyl (C=O) groups is 1. The first-order valence-corrected chi connectivity index (χ1v) is 11.7. The van der Waals surface area contributed by atoms with E-state index in [0.717, 1.165) is 43.2 Å². The number of anilines is 1. The normalized spacial score (nSPS) is 26.0. The van der Waals surface area contributed by atoms with Crippen LogP contribution in [-0.2, 0) is 4.74 Å². The monoisotopic (exact) mass is 498 g/mol. The van der Waals surface area contributed by atoms with Crippen molar-refractivity contribution in [3.8, 4) is 11.3 Å². The molecule has 1 saturated carbocycles. The summed E-state index contributed by atoms with van der Waals surface area (Å²) in [7, 11) is 0. The third kappa shape index (κ3) is 4.47. The Bertz CT molecular complexity index is 1300. The van der Waals surface area contributed by atoms with Crippen molar-refractivity contribution in [2.75, 3.05) is 5.32 Å². The molecule has 2 fully saturated rings. The lowest BCUT2D eigenvalue weighted by Crippen LogP contribution is -2.60. The van der Waals surface area contributed by atoms with Crippen LogP contribution in [-0.4, -0.2) is 38.7 Å². The third-order valence-corrected chi connectivity index (χ3v) is 6.88. The van der Waals surface area contributed by atoms with Crippen molar-refractivity contribution in [1.82, 2.24) is 9.97 Å². The Kier molecular flexibility index (Phi) is 6.27. The maximum Gasteiger partial charge on any atom is 0.274 e. The molecule has 5 rings (SSSR count). The van der Waals surface area contributed by atoms with Crippen LogP contribution in [0.25, 0.3) is 11.3 Å². The molecule has 0 radical (unpaired) electrons. The molecule has 0 spiro atoms. The predicted octanol–water partition coefficient (Wildman–Crippen LogP) is 4.13. The SMILES string of the molecule is C[C@]1(O)[C@H](N)C[C@H](c2ccncc2NC(=O)c2ccc(F)c(-c3c(F)cccc3F)n2)O[C@@H]1C1CC1. The van der Waals surface area contributed by atoms with Gasteiger partial charge in [0.2, 0.25) is 0 Å². The van der Waals surface area contributed by atoms with E-state index in [1.54, 1.807) is 19.2 Å². The van der Waals surface area contributed by atoms with E-state index in [-0.39, 0.29) is 11.6 Å². The molecule has 188 valence electrons. The first-order chi connectivity index (χ1) is 17.2. The highest BCUT2D eigenvalue weighted by atomic mass is 19.1. The van der Waals surface area contributed by atoms with Crippen LogP contribution in [0.2, 0.25) is 0 Å². The molecule has 1 aliphatic heterocycles. The summed E-state index contributed by atoms with van der Waals surface area (Å²) in [5.74, 6) is -3.48. The largest absolute Gasteiger partial charge is 0.386 e. The number of halogens is 3. The number of hydrogen-bond donors (Lipinski definition) is 3. The van der Waals surface area contributed by atoms with E-state index in [9.17, 15) is 23.1 Å². The number of ether oxygens (including phenoxy) is 1. The molecular weight excluding hydrogens is 473 g/mol. The number of aliphatic hydroxyl groups is 1. The summed E-state index contributed by atoms with van der Waals surface area (Å²) in [5.41, 5.74) is 4.55. The van der Waals surface area contributed by atoms with Crippen LogP contribution < -0.4 is 11.1 Å². The van der Waals surface area contributed by atoms with Crippen LogP contribution in [0.5, 0.6) is 0 Å². The Morgan fingerprint density at radius 3 is 2.56 bits per heavy atom. The van der Waals surface area contributed by atoms with Crippen LogP contribution in [0.3, 0.4) is 0 Å². The Morgan fingerprint density at radius 2 is 1.86 bits per heavy atom. The first kappa shape index (κ1) is 24.4. The van der Waals surface area contributed by atoms with Gasteiger partial charge in [0.1, 0.15) is 34.4 Å². The summed E-state index contributed by atoms with van der Waals surface area (Å²) < 4.78 is 49.2. The fourth-order valence-electron chi connectivity index (χ4n) is 4.68. The minimum absolute atomic E-state index is 0.217. The van der Waals surface area contributed by atoms with Gasteiger partial charge in [-0.05, 0) is 62.4 Å². The summed E-state index contributed by atoms with van der Waals surface area (Å²) in [4.78, 5) is 21.0. The van der Waals surface area contributed by atoms with Crippen molar-refractivity contribution < 1.29 is 27.8 Å². The van der Waals surface area contributed by atoms with Crippen LogP contribution >= 0.6 is 0 Å². The van der Waals surface area contributed by atoms with Gasteiger partial charge in [-0.25, -0.2) is 18.2 Å². The van der Waals surface area contributed by atoms with E-state index in [2.05, 4.69) is 15.3 Å². The number of benzene rings is 1. The summed E-state index contributed by atoms with van der Waals surface area (Å²) in [5, 5.41) is 13.6. The summed E-state index contributed by atoms with van der Waals surface area (Å²) >= 11 is 0. The number of amides is 1. The van der Waals surface area contributed by atoms with Crippen LogP contribution in [0.1, 0.15) is 48.3 Å². The highest BCUT2D eigenvalue weighted by Gasteiger charge is 2.52. The van der Waals surface area contributed by atoms with E-state index in [1.165, 1.54) is 6.20 Å². The van der Waals surface area contributed by atoms with Crippen molar-refractivity contribution in [1.29, 1.82) is 0 Å². The number of hydrogen-bond acceptors (Lipinski definition) is 6. The Morgan fingerprint density at radius 1 is 1.14 bits per heavy atom. The van der Waals surface area contributed by atoms with Gasteiger partial charge in [0, 0.05) is 17.8 Å². The Hall–Kier alpha value is -3.34. The van der Waals surface area contributed by atoms with Crippen molar-refractivity contribution in [2.24, 2.45) is 11.7 Å². The van der Waals surface area contributed by atoms with Crippen LogP contribution in [0.15, 0.2) is 48.8 Å².